The van der Waals surface area contributed by atoms with Crippen LogP contribution in [0.5, 0.6) is 11.5 Å². The number of esters is 1. The second-order valence-electron chi connectivity index (χ2n) is 4.85. The van der Waals surface area contributed by atoms with Crippen molar-refractivity contribution in [3.05, 3.63) is 52.0 Å². The maximum absolute atomic E-state index is 12.1. The molecule has 8 heteroatoms. The first kappa shape index (κ1) is 18.9. The van der Waals surface area contributed by atoms with Gasteiger partial charge >= 0.3 is 5.97 Å². The predicted molar refractivity (Wildman–Crippen MR) is 94.9 cm³/mol. The minimum absolute atomic E-state index is 0.182. The molecule has 0 atom stereocenters. The summed E-state index contributed by atoms with van der Waals surface area (Å²) in [6, 6.07) is 9.22. The maximum atomic E-state index is 12.1. The molecule has 6 nitrogen and oxygen atoms in total. The zero-order chi connectivity index (χ0) is 18.4. The number of carbonyl (C=O) groups excluding carboxylic acids is 2. The molecule has 0 aliphatic carbocycles. The molecular weight excluding hydrogens is 369 g/mol. The van der Waals surface area contributed by atoms with E-state index < -0.39 is 18.5 Å². The molecule has 0 saturated heterocycles. The van der Waals surface area contributed by atoms with Crippen molar-refractivity contribution in [1.82, 2.24) is 0 Å². The topological polar surface area (TPSA) is 73.9 Å². The van der Waals surface area contributed by atoms with E-state index in [0.29, 0.717) is 21.5 Å². The van der Waals surface area contributed by atoms with Gasteiger partial charge in [-0.25, -0.2) is 4.79 Å². The van der Waals surface area contributed by atoms with Crippen LogP contribution in [-0.2, 0) is 9.53 Å². The van der Waals surface area contributed by atoms with E-state index in [1.54, 1.807) is 12.1 Å². The smallest absolute Gasteiger partial charge is 0.342 e. The molecule has 132 valence electrons. The highest BCUT2D eigenvalue weighted by atomic mass is 35.5. The molecular formula is C17H15Cl2NO5. The minimum Gasteiger partial charge on any atom is -0.497 e. The molecule has 0 bridgehead atoms. The maximum Gasteiger partial charge on any atom is 0.342 e. The fourth-order valence-corrected chi connectivity index (χ4v) is 2.53. The summed E-state index contributed by atoms with van der Waals surface area (Å²) < 4.78 is 15.2. The molecule has 0 spiro atoms. The van der Waals surface area contributed by atoms with Crippen LogP contribution in [0, 0.1) is 0 Å². The van der Waals surface area contributed by atoms with Gasteiger partial charge in [0, 0.05) is 21.8 Å². The lowest BCUT2D eigenvalue weighted by atomic mass is 10.2. The summed E-state index contributed by atoms with van der Waals surface area (Å²) in [4.78, 5) is 24.0. The highest BCUT2D eigenvalue weighted by Crippen LogP contribution is 2.25. The van der Waals surface area contributed by atoms with Gasteiger partial charge in [0.2, 0.25) is 0 Å². The number of rotatable bonds is 6. The van der Waals surface area contributed by atoms with Gasteiger partial charge in [-0.1, -0.05) is 23.2 Å². The fourth-order valence-electron chi connectivity index (χ4n) is 2.00. The van der Waals surface area contributed by atoms with E-state index in [1.807, 2.05) is 0 Å². The van der Waals surface area contributed by atoms with Crippen LogP contribution in [-0.4, -0.2) is 32.7 Å². The van der Waals surface area contributed by atoms with Gasteiger partial charge in [-0.15, -0.1) is 0 Å². The molecule has 0 fully saturated rings. The fraction of sp³-hybridized carbons (Fsp3) is 0.176. The SMILES string of the molecule is COc1ccc(C(=O)OCC(=O)Nc2cc(Cl)cc(Cl)c2)c(OC)c1. The molecule has 0 saturated carbocycles. The Labute approximate surface area is 154 Å². The number of hydrogen-bond donors (Lipinski definition) is 1. The molecule has 0 aliphatic rings. The van der Waals surface area contributed by atoms with Crippen LogP contribution < -0.4 is 14.8 Å². The number of methoxy groups -OCH3 is 2. The van der Waals surface area contributed by atoms with Crippen LogP contribution in [0.2, 0.25) is 10.0 Å². The van der Waals surface area contributed by atoms with Gasteiger partial charge in [0.05, 0.1) is 14.2 Å². The Morgan fingerprint density at radius 2 is 1.68 bits per heavy atom. The zero-order valence-electron chi connectivity index (χ0n) is 13.5. The Bertz CT molecular complexity index is 774. The number of halogens is 2. The monoisotopic (exact) mass is 383 g/mol. The minimum atomic E-state index is -0.696. The molecule has 2 aromatic rings. The van der Waals surface area contributed by atoms with Crippen LogP contribution in [0.1, 0.15) is 10.4 Å². The van der Waals surface area contributed by atoms with E-state index in [-0.39, 0.29) is 11.3 Å². The van der Waals surface area contributed by atoms with Gasteiger partial charge in [0.1, 0.15) is 17.1 Å². The molecule has 0 heterocycles. The Morgan fingerprint density at radius 3 is 2.28 bits per heavy atom. The van der Waals surface area contributed by atoms with Gasteiger partial charge in [0.25, 0.3) is 5.91 Å². The van der Waals surface area contributed by atoms with E-state index in [9.17, 15) is 9.59 Å². The van der Waals surface area contributed by atoms with Gasteiger partial charge in [0.15, 0.2) is 6.61 Å². The third-order valence-electron chi connectivity index (χ3n) is 3.11. The van der Waals surface area contributed by atoms with Crippen LogP contribution in [0.4, 0.5) is 5.69 Å². The van der Waals surface area contributed by atoms with Gasteiger partial charge in [-0.3, -0.25) is 4.79 Å². The van der Waals surface area contributed by atoms with E-state index in [4.69, 9.17) is 37.4 Å². The van der Waals surface area contributed by atoms with Crippen LogP contribution in [0.15, 0.2) is 36.4 Å². The van der Waals surface area contributed by atoms with Crippen molar-refractivity contribution >= 4 is 40.8 Å². The lowest BCUT2D eigenvalue weighted by Crippen LogP contribution is -2.21. The standard InChI is InChI=1S/C17H15Cl2NO5/c1-23-13-3-4-14(15(8-13)24-2)17(22)25-9-16(21)20-12-6-10(18)5-11(19)7-12/h3-8H,9H2,1-2H3,(H,20,21). The van der Waals surface area contributed by atoms with Gasteiger partial charge < -0.3 is 19.5 Å². The second-order valence-corrected chi connectivity index (χ2v) is 5.72. The quantitative estimate of drug-likeness (QED) is 0.767. The Kier molecular flexibility index (Phi) is 6.50. The van der Waals surface area contributed by atoms with E-state index in [1.165, 1.54) is 38.5 Å². The molecule has 1 N–H and O–H groups in total. The third kappa shape index (κ3) is 5.27. The summed E-state index contributed by atoms with van der Waals surface area (Å²) in [5, 5.41) is 3.30. The Balaban J connectivity index is 1.98. The molecule has 0 aliphatic heterocycles. The number of hydrogen-bond acceptors (Lipinski definition) is 5. The average molecular weight is 384 g/mol. The summed E-state index contributed by atoms with van der Waals surface area (Å²) >= 11 is 11.7. The summed E-state index contributed by atoms with van der Waals surface area (Å²) in [6.45, 7) is -0.474. The van der Waals surface area contributed by atoms with Crippen LogP contribution >= 0.6 is 23.2 Å². The van der Waals surface area contributed by atoms with Crippen molar-refractivity contribution in [2.24, 2.45) is 0 Å². The molecule has 0 aromatic heterocycles. The lowest BCUT2D eigenvalue weighted by molar-refractivity contribution is -0.119. The van der Waals surface area contributed by atoms with E-state index in [2.05, 4.69) is 5.32 Å². The van der Waals surface area contributed by atoms with Crippen molar-refractivity contribution < 1.29 is 23.8 Å². The van der Waals surface area contributed by atoms with Gasteiger partial charge in [-0.05, 0) is 30.3 Å². The number of anilines is 1. The average Bonchev–Trinajstić information content (AvgIpc) is 2.58. The third-order valence-corrected chi connectivity index (χ3v) is 3.55. The van der Waals surface area contributed by atoms with E-state index in [0.717, 1.165) is 0 Å². The van der Waals surface area contributed by atoms with Gasteiger partial charge in [-0.2, -0.15) is 0 Å². The number of nitrogens with one attached hydrogen (secondary N) is 1. The molecule has 25 heavy (non-hydrogen) atoms. The number of amides is 1. The molecule has 0 unspecified atom stereocenters. The zero-order valence-corrected chi connectivity index (χ0v) is 15.0. The van der Waals surface area contributed by atoms with Crippen molar-refractivity contribution in [1.29, 1.82) is 0 Å². The Hall–Kier alpha value is -2.44. The Morgan fingerprint density at radius 1 is 1.00 bits per heavy atom. The van der Waals surface area contributed by atoms with Crippen molar-refractivity contribution in [3.63, 3.8) is 0 Å². The van der Waals surface area contributed by atoms with E-state index >= 15 is 0 Å². The highest BCUT2D eigenvalue weighted by molar-refractivity contribution is 6.35. The van der Waals surface area contributed by atoms with Crippen LogP contribution in [0.3, 0.4) is 0 Å². The predicted octanol–water partition coefficient (Wildman–Crippen LogP) is 3.81. The molecule has 0 radical (unpaired) electrons. The highest BCUT2D eigenvalue weighted by Gasteiger charge is 2.16. The summed E-state index contributed by atoms with van der Waals surface area (Å²) in [5.74, 6) is -0.409. The summed E-state index contributed by atoms with van der Waals surface area (Å²) in [5.41, 5.74) is 0.586. The molecule has 1 amide bonds. The number of ether oxygens (including phenoxy) is 3. The number of carbonyl (C=O) groups is 2. The van der Waals surface area contributed by atoms with Crippen LogP contribution in [0.25, 0.3) is 0 Å². The lowest BCUT2D eigenvalue weighted by Gasteiger charge is -2.10. The first-order valence-electron chi connectivity index (χ1n) is 7.08. The molecule has 2 rings (SSSR count). The van der Waals surface area contributed by atoms with Crippen molar-refractivity contribution in [2.45, 2.75) is 0 Å². The summed E-state index contributed by atoms with van der Waals surface area (Å²) in [6.07, 6.45) is 0. The van der Waals surface area contributed by atoms with Crippen molar-refractivity contribution in [3.8, 4) is 11.5 Å². The summed E-state index contributed by atoms with van der Waals surface area (Å²) in [7, 11) is 2.92. The first-order chi connectivity index (χ1) is 11.9. The van der Waals surface area contributed by atoms with Crippen molar-refractivity contribution in [2.75, 3.05) is 26.1 Å². The molecule has 2 aromatic carbocycles. The number of benzene rings is 2. The first-order valence-corrected chi connectivity index (χ1v) is 7.83. The second kappa shape index (κ2) is 8.60. The normalized spacial score (nSPS) is 10.1. The largest absolute Gasteiger partial charge is 0.497 e.